The molecule has 0 aliphatic carbocycles. The molecule has 98 valence electrons. The van der Waals surface area contributed by atoms with Crippen LogP contribution in [0, 0.1) is 0 Å². The number of ether oxygens (including phenoxy) is 1. The number of para-hydroxylation sites is 1. The first-order chi connectivity index (χ1) is 8.72. The molecule has 0 saturated heterocycles. The van der Waals surface area contributed by atoms with E-state index in [0.717, 1.165) is 17.1 Å². The average Bonchev–Trinajstić information content (AvgIpc) is 2.79. The monoisotopic (exact) mass is 266 g/mol. The number of fused-ring (bicyclic) bond motifs is 1. The fourth-order valence-corrected chi connectivity index (χ4v) is 2.43. The Hall–Kier alpha value is -1.20. The zero-order valence-electron chi connectivity index (χ0n) is 10.4. The zero-order chi connectivity index (χ0) is 13.0. The summed E-state index contributed by atoms with van der Waals surface area (Å²) in [5, 5.41) is 2.95. The normalized spacial score (nSPS) is 18.9. The first-order valence-electron chi connectivity index (χ1n) is 5.99. The molecule has 2 atom stereocenters. The van der Waals surface area contributed by atoms with Gasteiger partial charge in [0.15, 0.2) is 0 Å². The van der Waals surface area contributed by atoms with Gasteiger partial charge in [-0.1, -0.05) is 18.2 Å². The maximum absolute atomic E-state index is 11.9. The van der Waals surface area contributed by atoms with Gasteiger partial charge in [-0.25, -0.2) is 0 Å². The van der Waals surface area contributed by atoms with E-state index in [4.69, 9.17) is 10.5 Å². The Kier molecular flexibility index (Phi) is 4.49. The topological polar surface area (TPSA) is 64.4 Å². The van der Waals surface area contributed by atoms with Crippen molar-refractivity contribution >= 4 is 17.7 Å². The Balaban J connectivity index is 1.93. The average molecular weight is 266 g/mol. The molecule has 0 aromatic heterocycles. The molecule has 1 heterocycles. The second kappa shape index (κ2) is 6.11. The number of nitrogens with one attached hydrogen (secondary N) is 1. The molecule has 1 aliphatic heterocycles. The van der Waals surface area contributed by atoms with Gasteiger partial charge in [-0.15, -0.1) is 0 Å². The molecule has 1 amide bonds. The third kappa shape index (κ3) is 2.97. The predicted octanol–water partition coefficient (Wildman–Crippen LogP) is 1.32. The summed E-state index contributed by atoms with van der Waals surface area (Å²) in [6.07, 6.45) is 2.70. The third-order valence-electron chi connectivity index (χ3n) is 2.99. The number of rotatable bonds is 5. The summed E-state index contributed by atoms with van der Waals surface area (Å²) in [6.45, 7) is 0.486. The lowest BCUT2D eigenvalue weighted by atomic mass is 10.1. The quantitative estimate of drug-likeness (QED) is 0.843. The fraction of sp³-hybridized carbons (Fsp3) is 0.462. The van der Waals surface area contributed by atoms with Crippen LogP contribution in [0.1, 0.15) is 18.0 Å². The van der Waals surface area contributed by atoms with E-state index in [0.29, 0.717) is 13.0 Å². The Bertz CT molecular complexity index is 425. The van der Waals surface area contributed by atoms with Gasteiger partial charge in [-0.3, -0.25) is 4.79 Å². The van der Waals surface area contributed by atoms with Crippen molar-refractivity contribution in [2.75, 3.05) is 18.6 Å². The van der Waals surface area contributed by atoms with Crippen LogP contribution in [0.15, 0.2) is 24.3 Å². The molecular formula is C13H18N2O2S. The van der Waals surface area contributed by atoms with Crippen LogP contribution < -0.4 is 15.8 Å². The van der Waals surface area contributed by atoms with E-state index < -0.39 is 6.04 Å². The number of hydrogen-bond acceptors (Lipinski definition) is 4. The van der Waals surface area contributed by atoms with Crippen LogP contribution in [0.5, 0.6) is 5.75 Å². The summed E-state index contributed by atoms with van der Waals surface area (Å²) in [6, 6.07) is 7.24. The zero-order valence-corrected chi connectivity index (χ0v) is 11.2. The molecule has 1 aliphatic rings. The summed E-state index contributed by atoms with van der Waals surface area (Å²) < 4.78 is 5.51. The van der Waals surface area contributed by atoms with Crippen molar-refractivity contribution in [3.05, 3.63) is 29.8 Å². The van der Waals surface area contributed by atoms with Crippen molar-refractivity contribution in [1.82, 2.24) is 5.32 Å². The molecular weight excluding hydrogens is 248 g/mol. The van der Waals surface area contributed by atoms with E-state index in [2.05, 4.69) is 5.32 Å². The van der Waals surface area contributed by atoms with E-state index in [9.17, 15) is 4.79 Å². The molecule has 0 bridgehead atoms. The van der Waals surface area contributed by atoms with Gasteiger partial charge >= 0.3 is 0 Å². The molecule has 18 heavy (non-hydrogen) atoms. The van der Waals surface area contributed by atoms with E-state index in [1.807, 2.05) is 30.5 Å². The van der Waals surface area contributed by atoms with E-state index in [1.165, 1.54) is 0 Å². The number of carbonyl (C=O) groups excluding carboxylic acids is 1. The van der Waals surface area contributed by atoms with Gasteiger partial charge in [0.2, 0.25) is 5.91 Å². The molecule has 5 heteroatoms. The van der Waals surface area contributed by atoms with Gasteiger partial charge in [-0.2, -0.15) is 11.8 Å². The number of amides is 1. The van der Waals surface area contributed by atoms with E-state index in [-0.39, 0.29) is 11.9 Å². The summed E-state index contributed by atoms with van der Waals surface area (Å²) >= 11 is 1.69. The van der Waals surface area contributed by atoms with E-state index in [1.54, 1.807) is 11.8 Å². The molecule has 1 unspecified atom stereocenters. The Morgan fingerprint density at radius 2 is 2.39 bits per heavy atom. The lowest BCUT2D eigenvalue weighted by Crippen LogP contribution is -2.42. The minimum absolute atomic E-state index is 0.0750. The maximum Gasteiger partial charge on any atom is 0.237 e. The number of nitrogens with two attached hydrogens (primary N) is 1. The molecule has 2 rings (SSSR count). The van der Waals surface area contributed by atoms with Crippen LogP contribution in [0.3, 0.4) is 0 Å². The first-order valence-corrected chi connectivity index (χ1v) is 7.38. The molecule has 0 fully saturated rings. The molecule has 1 aromatic carbocycles. The van der Waals surface area contributed by atoms with Crippen molar-refractivity contribution in [3.8, 4) is 5.75 Å². The van der Waals surface area contributed by atoms with Gasteiger partial charge in [0.1, 0.15) is 12.4 Å². The minimum atomic E-state index is -0.440. The van der Waals surface area contributed by atoms with Crippen LogP contribution in [-0.2, 0) is 4.79 Å². The largest absolute Gasteiger partial charge is 0.491 e. The Labute approximate surface area is 111 Å². The number of benzene rings is 1. The number of carbonyl (C=O) groups is 1. The van der Waals surface area contributed by atoms with E-state index >= 15 is 0 Å². The van der Waals surface area contributed by atoms with Crippen molar-refractivity contribution in [2.24, 2.45) is 5.73 Å². The minimum Gasteiger partial charge on any atom is -0.491 e. The van der Waals surface area contributed by atoms with Gasteiger partial charge in [0.05, 0.1) is 12.1 Å². The smallest absolute Gasteiger partial charge is 0.237 e. The summed E-state index contributed by atoms with van der Waals surface area (Å²) in [5.74, 6) is 1.64. The number of thioether (sulfide) groups is 1. The third-order valence-corrected chi connectivity index (χ3v) is 3.63. The summed E-state index contributed by atoms with van der Waals surface area (Å²) in [7, 11) is 0. The first kappa shape index (κ1) is 13.2. The summed E-state index contributed by atoms with van der Waals surface area (Å²) in [5.41, 5.74) is 6.87. The SMILES string of the molecule is CSCC[C@H](N)C(=O)NC1COc2ccccc21. The molecule has 3 N–H and O–H groups in total. The van der Waals surface area contributed by atoms with Crippen LogP contribution >= 0.6 is 11.8 Å². The second-order valence-electron chi connectivity index (χ2n) is 4.30. The molecule has 1 aromatic rings. The molecule has 4 nitrogen and oxygen atoms in total. The van der Waals surface area contributed by atoms with Gasteiger partial charge in [0, 0.05) is 5.56 Å². The van der Waals surface area contributed by atoms with Gasteiger partial charge in [-0.05, 0) is 24.5 Å². The second-order valence-corrected chi connectivity index (χ2v) is 5.28. The van der Waals surface area contributed by atoms with Crippen molar-refractivity contribution in [1.29, 1.82) is 0 Å². The van der Waals surface area contributed by atoms with Crippen LogP contribution in [-0.4, -0.2) is 30.6 Å². The highest BCUT2D eigenvalue weighted by Gasteiger charge is 2.26. The van der Waals surface area contributed by atoms with Gasteiger partial charge < -0.3 is 15.8 Å². The highest BCUT2D eigenvalue weighted by Crippen LogP contribution is 2.31. The van der Waals surface area contributed by atoms with Crippen LogP contribution in [0.25, 0.3) is 0 Å². The van der Waals surface area contributed by atoms with Crippen molar-refractivity contribution in [3.63, 3.8) is 0 Å². The standard InChI is InChI=1S/C13H18N2O2S/c1-18-7-6-10(14)13(16)15-11-8-17-12-5-3-2-4-9(11)12/h2-5,10-11H,6-8,14H2,1H3,(H,15,16)/t10-,11?/m0/s1. The number of hydrogen-bond donors (Lipinski definition) is 2. The van der Waals surface area contributed by atoms with Crippen molar-refractivity contribution < 1.29 is 9.53 Å². The maximum atomic E-state index is 11.9. The lowest BCUT2D eigenvalue weighted by Gasteiger charge is -2.15. The summed E-state index contributed by atoms with van der Waals surface area (Å²) in [4.78, 5) is 11.9. The van der Waals surface area contributed by atoms with Crippen LogP contribution in [0.2, 0.25) is 0 Å². The van der Waals surface area contributed by atoms with Crippen LogP contribution in [0.4, 0.5) is 0 Å². The predicted molar refractivity (Wildman–Crippen MR) is 73.8 cm³/mol. The highest BCUT2D eigenvalue weighted by atomic mass is 32.2. The molecule has 0 spiro atoms. The van der Waals surface area contributed by atoms with Gasteiger partial charge in [0.25, 0.3) is 0 Å². The Morgan fingerprint density at radius 3 is 3.17 bits per heavy atom. The van der Waals surface area contributed by atoms with Crippen molar-refractivity contribution in [2.45, 2.75) is 18.5 Å². The lowest BCUT2D eigenvalue weighted by molar-refractivity contribution is -0.123. The molecule has 0 saturated carbocycles. The fourth-order valence-electron chi connectivity index (χ4n) is 1.94. The highest BCUT2D eigenvalue weighted by molar-refractivity contribution is 7.98. The Morgan fingerprint density at radius 1 is 1.61 bits per heavy atom. The molecule has 0 radical (unpaired) electrons.